The van der Waals surface area contributed by atoms with Gasteiger partial charge >= 0.3 is 0 Å². The molecule has 3 rings (SSSR count). The number of aliphatic imine (C=N–C) groups is 1. The quantitative estimate of drug-likeness (QED) is 0.575. The Bertz CT molecular complexity index is 761. The van der Waals surface area contributed by atoms with Gasteiger partial charge in [-0.2, -0.15) is 0 Å². The van der Waals surface area contributed by atoms with Crippen molar-refractivity contribution in [1.29, 1.82) is 0 Å². The van der Waals surface area contributed by atoms with E-state index in [0.717, 1.165) is 11.7 Å². The molecule has 1 aromatic carbocycles. The van der Waals surface area contributed by atoms with E-state index in [1.165, 1.54) is 42.2 Å². The van der Waals surface area contributed by atoms with Crippen molar-refractivity contribution >= 4 is 23.0 Å². The van der Waals surface area contributed by atoms with Crippen LogP contribution >= 0.6 is 11.3 Å². The van der Waals surface area contributed by atoms with Crippen molar-refractivity contribution in [2.75, 3.05) is 25.0 Å². The van der Waals surface area contributed by atoms with Crippen LogP contribution in [0.3, 0.4) is 0 Å². The van der Waals surface area contributed by atoms with Crippen LogP contribution < -0.4 is 15.5 Å². The first-order valence-electron chi connectivity index (χ1n) is 9.83. The third-order valence-corrected chi connectivity index (χ3v) is 6.11. The Morgan fingerprint density at radius 2 is 2.04 bits per heavy atom. The Balaban J connectivity index is 1.58. The summed E-state index contributed by atoms with van der Waals surface area (Å²) in [6.45, 7) is 9.54. The summed E-state index contributed by atoms with van der Waals surface area (Å²) in [6.07, 6.45) is 2.59. The molecule has 1 fully saturated rings. The molecule has 0 aliphatic carbocycles. The topological polar surface area (TPSA) is 52.6 Å². The summed E-state index contributed by atoms with van der Waals surface area (Å²) < 4.78 is 0. The van der Waals surface area contributed by atoms with Gasteiger partial charge in [-0.05, 0) is 37.5 Å². The molecule has 1 saturated heterocycles. The highest BCUT2D eigenvalue weighted by atomic mass is 32.1. The van der Waals surface area contributed by atoms with E-state index in [0.29, 0.717) is 12.5 Å². The van der Waals surface area contributed by atoms with E-state index < -0.39 is 0 Å². The number of anilines is 1. The van der Waals surface area contributed by atoms with E-state index in [-0.39, 0.29) is 6.04 Å². The molecule has 0 saturated carbocycles. The third kappa shape index (κ3) is 5.22. The Morgan fingerprint density at radius 3 is 2.70 bits per heavy atom. The van der Waals surface area contributed by atoms with Crippen molar-refractivity contribution in [2.24, 2.45) is 4.99 Å². The zero-order valence-corrected chi connectivity index (χ0v) is 17.6. The van der Waals surface area contributed by atoms with E-state index in [2.05, 4.69) is 75.9 Å². The van der Waals surface area contributed by atoms with Gasteiger partial charge in [0.15, 0.2) is 5.96 Å². The highest BCUT2D eigenvalue weighted by molar-refractivity contribution is 7.09. The van der Waals surface area contributed by atoms with Crippen molar-refractivity contribution in [3.8, 4) is 0 Å². The lowest BCUT2D eigenvalue weighted by molar-refractivity contribution is 0.682. The predicted molar refractivity (Wildman–Crippen MR) is 116 cm³/mol. The number of benzene rings is 1. The minimum atomic E-state index is 0.181. The molecule has 5 nitrogen and oxygen atoms in total. The third-order valence-electron chi connectivity index (χ3n) is 4.92. The second-order valence-corrected chi connectivity index (χ2v) is 8.30. The van der Waals surface area contributed by atoms with Gasteiger partial charge in [-0.25, -0.2) is 4.98 Å². The van der Waals surface area contributed by atoms with Gasteiger partial charge in [-0.15, -0.1) is 11.3 Å². The first kappa shape index (κ1) is 19.7. The molecular formula is C21H31N5S. The lowest BCUT2D eigenvalue weighted by Gasteiger charge is -2.22. The SMILES string of the molecule is CN=C(NCc1csc(C(C)C)n1)NC(C)c1cccc(N2CCCC2)c1. The van der Waals surface area contributed by atoms with Crippen LogP contribution in [-0.2, 0) is 6.54 Å². The fourth-order valence-corrected chi connectivity index (χ4v) is 4.13. The Morgan fingerprint density at radius 1 is 1.26 bits per heavy atom. The molecule has 6 heteroatoms. The number of hydrogen-bond donors (Lipinski definition) is 2. The molecule has 1 aliphatic heterocycles. The fourth-order valence-electron chi connectivity index (χ4n) is 3.29. The van der Waals surface area contributed by atoms with E-state index in [1.54, 1.807) is 11.3 Å². The molecule has 1 unspecified atom stereocenters. The molecule has 0 amide bonds. The molecular weight excluding hydrogens is 354 g/mol. The molecule has 0 radical (unpaired) electrons. The highest BCUT2D eigenvalue weighted by Crippen LogP contribution is 2.24. The fraction of sp³-hybridized carbons (Fsp3) is 0.524. The maximum absolute atomic E-state index is 4.68. The van der Waals surface area contributed by atoms with Crippen molar-refractivity contribution in [1.82, 2.24) is 15.6 Å². The standard InChI is InChI=1S/C21H31N5S/c1-15(2)20-25-18(14-27-20)13-23-21(22-4)24-16(3)17-8-7-9-19(12-17)26-10-5-6-11-26/h7-9,12,14-16H,5-6,10-11,13H2,1-4H3,(H2,22,23,24). The van der Waals surface area contributed by atoms with Gasteiger partial charge in [0, 0.05) is 37.1 Å². The summed E-state index contributed by atoms with van der Waals surface area (Å²) in [6, 6.07) is 9.02. The van der Waals surface area contributed by atoms with Gasteiger partial charge in [0.1, 0.15) is 0 Å². The van der Waals surface area contributed by atoms with Crippen LogP contribution in [0.4, 0.5) is 5.69 Å². The van der Waals surface area contributed by atoms with Crippen LogP contribution in [-0.4, -0.2) is 31.1 Å². The summed E-state index contributed by atoms with van der Waals surface area (Å²) in [5.41, 5.74) is 3.67. The summed E-state index contributed by atoms with van der Waals surface area (Å²) in [7, 11) is 1.81. The van der Waals surface area contributed by atoms with Crippen LogP contribution in [0.15, 0.2) is 34.6 Å². The Hall–Kier alpha value is -2.08. The second-order valence-electron chi connectivity index (χ2n) is 7.41. The van der Waals surface area contributed by atoms with Crippen LogP contribution in [0.5, 0.6) is 0 Å². The van der Waals surface area contributed by atoms with Gasteiger partial charge in [0.25, 0.3) is 0 Å². The smallest absolute Gasteiger partial charge is 0.191 e. The van der Waals surface area contributed by atoms with E-state index in [1.807, 2.05) is 7.05 Å². The Labute approximate surface area is 166 Å². The number of guanidine groups is 1. The number of nitrogens with zero attached hydrogens (tertiary/aromatic N) is 3. The van der Waals surface area contributed by atoms with Gasteiger partial charge in [-0.1, -0.05) is 26.0 Å². The monoisotopic (exact) mass is 385 g/mol. The van der Waals surface area contributed by atoms with Gasteiger partial charge in [-0.3, -0.25) is 4.99 Å². The summed E-state index contributed by atoms with van der Waals surface area (Å²) in [5.74, 6) is 1.28. The van der Waals surface area contributed by atoms with Gasteiger partial charge < -0.3 is 15.5 Å². The average Bonchev–Trinajstić information content (AvgIpc) is 3.37. The maximum Gasteiger partial charge on any atom is 0.191 e. The first-order valence-corrected chi connectivity index (χ1v) is 10.7. The van der Waals surface area contributed by atoms with Crippen LogP contribution in [0.1, 0.15) is 61.8 Å². The molecule has 0 bridgehead atoms. The number of nitrogens with one attached hydrogen (secondary N) is 2. The van der Waals surface area contributed by atoms with Crippen molar-refractivity contribution in [3.05, 3.63) is 45.9 Å². The second kappa shape index (κ2) is 9.22. The number of rotatable bonds is 6. The van der Waals surface area contributed by atoms with Gasteiger partial charge in [0.05, 0.1) is 23.3 Å². The number of thiazole rings is 1. The zero-order chi connectivity index (χ0) is 19.2. The van der Waals surface area contributed by atoms with Gasteiger partial charge in [0.2, 0.25) is 0 Å². The average molecular weight is 386 g/mol. The van der Waals surface area contributed by atoms with Crippen LogP contribution in [0.25, 0.3) is 0 Å². The summed E-state index contributed by atoms with van der Waals surface area (Å²) in [4.78, 5) is 11.5. The minimum absolute atomic E-state index is 0.181. The Kier molecular flexibility index (Phi) is 6.72. The first-order chi connectivity index (χ1) is 13.1. The van der Waals surface area contributed by atoms with E-state index in [9.17, 15) is 0 Å². The molecule has 1 aliphatic rings. The summed E-state index contributed by atoms with van der Waals surface area (Å²) in [5, 5.41) is 10.2. The normalized spacial score (nSPS) is 16.0. The molecule has 0 spiro atoms. The molecule has 146 valence electrons. The molecule has 2 N–H and O–H groups in total. The molecule has 27 heavy (non-hydrogen) atoms. The van der Waals surface area contributed by atoms with Crippen molar-refractivity contribution in [3.63, 3.8) is 0 Å². The zero-order valence-electron chi connectivity index (χ0n) is 16.8. The molecule has 2 aromatic rings. The molecule has 2 heterocycles. The minimum Gasteiger partial charge on any atom is -0.372 e. The number of hydrogen-bond acceptors (Lipinski definition) is 4. The number of aromatic nitrogens is 1. The largest absolute Gasteiger partial charge is 0.372 e. The lowest BCUT2D eigenvalue weighted by Crippen LogP contribution is -2.38. The van der Waals surface area contributed by atoms with Crippen LogP contribution in [0, 0.1) is 0 Å². The molecule has 1 aromatic heterocycles. The van der Waals surface area contributed by atoms with Crippen LogP contribution in [0.2, 0.25) is 0 Å². The molecule has 1 atom stereocenters. The van der Waals surface area contributed by atoms with Crippen molar-refractivity contribution in [2.45, 2.75) is 52.1 Å². The van der Waals surface area contributed by atoms with Crippen molar-refractivity contribution < 1.29 is 0 Å². The van der Waals surface area contributed by atoms with E-state index >= 15 is 0 Å². The highest BCUT2D eigenvalue weighted by Gasteiger charge is 2.14. The predicted octanol–water partition coefficient (Wildman–Crippen LogP) is 4.29. The van der Waals surface area contributed by atoms with E-state index in [4.69, 9.17) is 0 Å². The summed E-state index contributed by atoms with van der Waals surface area (Å²) >= 11 is 1.73. The lowest BCUT2D eigenvalue weighted by atomic mass is 10.1. The maximum atomic E-state index is 4.68.